The van der Waals surface area contributed by atoms with Gasteiger partial charge in [0.15, 0.2) is 0 Å². The first-order valence-electron chi connectivity index (χ1n) is 5.04. The average molecular weight is 252 g/mol. The Hall–Kier alpha value is -2.28. The van der Waals surface area contributed by atoms with Crippen LogP contribution < -0.4 is 5.32 Å². The third-order valence-electron chi connectivity index (χ3n) is 2.13. The molecule has 0 radical (unpaired) electrons. The number of methoxy groups -OCH3 is 1. The smallest absolute Gasteiger partial charge is 0.326 e. The zero-order valence-electron chi connectivity index (χ0n) is 9.88. The van der Waals surface area contributed by atoms with E-state index in [0.29, 0.717) is 5.69 Å². The molecule has 0 fully saturated rings. The number of amides is 1. The maximum absolute atomic E-state index is 11.7. The predicted octanol–water partition coefficient (Wildman–Crippen LogP) is 1.08. The molecule has 1 aromatic rings. The van der Waals surface area contributed by atoms with Gasteiger partial charge in [0.25, 0.3) is 5.78 Å². The molecule has 0 saturated carbocycles. The molecular weight excluding hydrogens is 240 g/mol. The number of rotatable bonds is 5. The molecule has 1 aromatic carbocycles. The normalized spacial score (nSPS) is 11.7. The number of ether oxygens (including phenoxy) is 1. The van der Waals surface area contributed by atoms with Gasteiger partial charge in [0.1, 0.15) is 0 Å². The quantitative estimate of drug-likeness (QED) is 0.366. The Morgan fingerprint density at radius 1 is 1.33 bits per heavy atom. The Labute approximate surface area is 103 Å². The van der Waals surface area contributed by atoms with Crippen molar-refractivity contribution in [3.05, 3.63) is 39.9 Å². The first-order chi connectivity index (χ1) is 8.45. The zero-order valence-corrected chi connectivity index (χ0v) is 9.88. The van der Waals surface area contributed by atoms with Gasteiger partial charge in [0.05, 0.1) is 4.92 Å². The summed E-state index contributed by atoms with van der Waals surface area (Å²) in [4.78, 5) is 32.2. The van der Waals surface area contributed by atoms with Crippen molar-refractivity contribution in [1.82, 2.24) is 0 Å². The van der Waals surface area contributed by atoms with Crippen LogP contribution in [0.5, 0.6) is 0 Å². The molecule has 0 heterocycles. The van der Waals surface area contributed by atoms with E-state index in [-0.39, 0.29) is 11.5 Å². The minimum Gasteiger partial charge on any atom is -0.326 e. The number of anilines is 1. The monoisotopic (exact) mass is 252 g/mol. The molecule has 0 aliphatic heterocycles. The van der Waals surface area contributed by atoms with Crippen molar-refractivity contribution < 1.29 is 19.2 Å². The summed E-state index contributed by atoms with van der Waals surface area (Å²) in [6.45, 7) is 1.35. The SMILES string of the molecule is COC(C(=O)c1ccc(NC(C)=O)cc1)[N+](=O)[O-]. The van der Waals surface area contributed by atoms with Crippen molar-refractivity contribution in [3.63, 3.8) is 0 Å². The number of nitrogens with one attached hydrogen (secondary N) is 1. The number of ketones is 1. The summed E-state index contributed by atoms with van der Waals surface area (Å²) in [5.41, 5.74) is 0.654. The van der Waals surface area contributed by atoms with Gasteiger partial charge in [-0.25, -0.2) is 0 Å². The molecule has 0 saturated heterocycles. The summed E-state index contributed by atoms with van der Waals surface area (Å²) < 4.78 is 4.50. The Balaban J connectivity index is 2.87. The molecule has 7 nitrogen and oxygen atoms in total. The van der Waals surface area contributed by atoms with Crippen molar-refractivity contribution in [3.8, 4) is 0 Å². The molecule has 1 rings (SSSR count). The zero-order chi connectivity index (χ0) is 13.7. The number of carbonyl (C=O) groups excluding carboxylic acids is 2. The second kappa shape index (κ2) is 5.87. The van der Waals surface area contributed by atoms with Gasteiger partial charge in [0, 0.05) is 25.3 Å². The van der Waals surface area contributed by atoms with Crippen LogP contribution in [0.2, 0.25) is 0 Å². The van der Waals surface area contributed by atoms with E-state index in [1.807, 2.05) is 0 Å². The molecule has 0 bridgehead atoms. The maximum atomic E-state index is 11.7. The predicted molar refractivity (Wildman–Crippen MR) is 62.9 cm³/mol. The molecule has 1 amide bonds. The topological polar surface area (TPSA) is 98.5 Å². The van der Waals surface area contributed by atoms with Gasteiger partial charge in [0.2, 0.25) is 5.91 Å². The Morgan fingerprint density at radius 3 is 2.28 bits per heavy atom. The number of benzene rings is 1. The number of hydrogen-bond acceptors (Lipinski definition) is 5. The molecule has 0 aromatic heterocycles. The average Bonchev–Trinajstić information content (AvgIpc) is 2.29. The van der Waals surface area contributed by atoms with Crippen LogP contribution in [0.3, 0.4) is 0 Å². The number of nitrogens with zero attached hydrogens (tertiary/aromatic N) is 1. The Bertz CT molecular complexity index is 469. The molecule has 7 heteroatoms. The highest BCUT2D eigenvalue weighted by Gasteiger charge is 2.30. The van der Waals surface area contributed by atoms with Crippen LogP contribution in [0.4, 0.5) is 5.69 Å². The number of Topliss-reactive ketones (excluding diaryl/α,β-unsaturated/α-hetero) is 1. The first kappa shape index (κ1) is 13.8. The first-order valence-corrected chi connectivity index (χ1v) is 5.04. The Morgan fingerprint density at radius 2 is 1.89 bits per heavy atom. The third kappa shape index (κ3) is 3.36. The fourth-order valence-corrected chi connectivity index (χ4v) is 1.35. The van der Waals surface area contributed by atoms with Crippen LogP contribution in [0.25, 0.3) is 0 Å². The fraction of sp³-hybridized carbons (Fsp3) is 0.273. The molecular formula is C11H12N2O5. The van der Waals surface area contributed by atoms with E-state index in [4.69, 9.17) is 0 Å². The van der Waals surface area contributed by atoms with Crippen LogP contribution in [-0.4, -0.2) is 30.0 Å². The minimum atomic E-state index is -1.71. The lowest BCUT2D eigenvalue weighted by Gasteiger charge is -2.07. The second-order valence-electron chi connectivity index (χ2n) is 3.50. The standard InChI is InChI=1S/C11H12N2O5/c1-7(14)12-9-5-3-8(4-6-9)10(15)11(18-2)13(16)17/h3-6,11H,1-2H3,(H,12,14). The molecule has 1 N–H and O–H groups in total. The van der Waals surface area contributed by atoms with E-state index in [0.717, 1.165) is 7.11 Å². The molecule has 0 spiro atoms. The molecule has 1 atom stereocenters. The van der Waals surface area contributed by atoms with E-state index in [9.17, 15) is 19.7 Å². The largest absolute Gasteiger partial charge is 0.379 e. The Kier molecular flexibility index (Phi) is 4.50. The summed E-state index contributed by atoms with van der Waals surface area (Å²) in [6.07, 6.45) is -1.71. The summed E-state index contributed by atoms with van der Waals surface area (Å²) >= 11 is 0. The van der Waals surface area contributed by atoms with Gasteiger partial charge in [-0.05, 0) is 24.3 Å². The van der Waals surface area contributed by atoms with Crippen molar-refractivity contribution in [2.45, 2.75) is 13.2 Å². The van der Waals surface area contributed by atoms with Crippen molar-refractivity contribution in [2.24, 2.45) is 0 Å². The van der Waals surface area contributed by atoms with Gasteiger partial charge >= 0.3 is 6.23 Å². The van der Waals surface area contributed by atoms with Gasteiger partial charge in [-0.2, -0.15) is 0 Å². The van der Waals surface area contributed by atoms with Gasteiger partial charge in [-0.15, -0.1) is 0 Å². The van der Waals surface area contributed by atoms with E-state index in [1.54, 1.807) is 0 Å². The molecule has 1 unspecified atom stereocenters. The van der Waals surface area contributed by atoms with Crippen LogP contribution in [0.1, 0.15) is 17.3 Å². The molecule has 0 aliphatic rings. The highest BCUT2D eigenvalue weighted by Crippen LogP contribution is 2.12. The van der Waals surface area contributed by atoms with Crippen molar-refractivity contribution >= 4 is 17.4 Å². The van der Waals surface area contributed by atoms with Crippen molar-refractivity contribution in [2.75, 3.05) is 12.4 Å². The number of nitro groups is 1. The summed E-state index contributed by atoms with van der Waals surface area (Å²) in [5.74, 6) is -0.981. The summed E-state index contributed by atoms with van der Waals surface area (Å²) in [5, 5.41) is 13.1. The minimum absolute atomic E-state index is 0.146. The summed E-state index contributed by atoms with van der Waals surface area (Å²) in [7, 11) is 1.09. The molecule has 96 valence electrons. The number of hydrogen-bond donors (Lipinski definition) is 1. The molecule has 0 aliphatic carbocycles. The lowest BCUT2D eigenvalue weighted by Crippen LogP contribution is -2.31. The van der Waals surface area contributed by atoms with E-state index in [1.165, 1.54) is 31.2 Å². The highest BCUT2D eigenvalue weighted by molar-refractivity contribution is 5.99. The van der Waals surface area contributed by atoms with Gasteiger partial charge in [-0.1, -0.05) is 0 Å². The maximum Gasteiger partial charge on any atom is 0.379 e. The lowest BCUT2D eigenvalue weighted by atomic mass is 10.1. The second-order valence-corrected chi connectivity index (χ2v) is 3.50. The molecule has 18 heavy (non-hydrogen) atoms. The lowest BCUT2D eigenvalue weighted by molar-refractivity contribution is -0.553. The fourth-order valence-electron chi connectivity index (χ4n) is 1.35. The van der Waals surface area contributed by atoms with Gasteiger partial charge < -0.3 is 10.1 Å². The summed E-state index contributed by atoms with van der Waals surface area (Å²) in [6, 6.07) is 5.76. The third-order valence-corrected chi connectivity index (χ3v) is 2.13. The van der Waals surface area contributed by atoms with E-state index < -0.39 is 16.9 Å². The van der Waals surface area contributed by atoms with E-state index in [2.05, 4.69) is 10.1 Å². The van der Waals surface area contributed by atoms with E-state index >= 15 is 0 Å². The van der Waals surface area contributed by atoms with Gasteiger partial charge in [-0.3, -0.25) is 19.7 Å². The van der Waals surface area contributed by atoms with Crippen LogP contribution >= 0.6 is 0 Å². The van der Waals surface area contributed by atoms with Crippen LogP contribution in [0.15, 0.2) is 24.3 Å². The van der Waals surface area contributed by atoms with Crippen LogP contribution in [-0.2, 0) is 9.53 Å². The highest BCUT2D eigenvalue weighted by atomic mass is 16.7. The van der Waals surface area contributed by atoms with Crippen LogP contribution in [0, 0.1) is 10.1 Å². The van der Waals surface area contributed by atoms with Crippen molar-refractivity contribution in [1.29, 1.82) is 0 Å². The number of carbonyl (C=O) groups is 2.